The first-order valence-corrected chi connectivity index (χ1v) is 9.15. The normalized spacial score (nSPS) is 20.0. The van der Waals surface area contributed by atoms with Gasteiger partial charge in [-0.15, -0.1) is 11.8 Å². The molecule has 2 aromatic carbocycles. The summed E-state index contributed by atoms with van der Waals surface area (Å²) in [5.74, 6) is 0.887. The molecule has 1 saturated heterocycles. The summed E-state index contributed by atoms with van der Waals surface area (Å²) < 4.78 is 0. The fourth-order valence-corrected chi connectivity index (χ4v) is 3.56. The first-order valence-electron chi connectivity index (χ1n) is 8.16. The van der Waals surface area contributed by atoms with Gasteiger partial charge in [-0.05, 0) is 29.8 Å². The van der Waals surface area contributed by atoms with Gasteiger partial charge in [-0.1, -0.05) is 30.3 Å². The molecular weight excluding hydrogens is 320 g/mol. The molecule has 0 aromatic heterocycles. The topological polar surface area (TPSA) is 61.4 Å². The van der Waals surface area contributed by atoms with Crippen molar-refractivity contribution in [3.05, 3.63) is 65.7 Å². The summed E-state index contributed by atoms with van der Waals surface area (Å²) >= 11 is 1.78. The number of carbonyl (C=O) groups is 1. The molecule has 1 heterocycles. The zero-order chi connectivity index (χ0) is 16.8. The number of hydrogen-bond acceptors (Lipinski definition) is 4. The third-order valence-electron chi connectivity index (χ3n) is 4.19. The molecule has 0 radical (unpaired) electrons. The van der Waals surface area contributed by atoms with Crippen LogP contribution in [0.25, 0.3) is 0 Å². The molecule has 1 amide bonds. The standard InChI is InChI=1S/C19H22N2O2S/c22-18-12-20-10-16(18)11-21-19(23)15-8-6-14(7-9-15)13-24-17-4-2-1-3-5-17/h1-9,16,18,20,22H,10-13H2,(H,21,23). The third kappa shape index (κ3) is 4.60. The SMILES string of the molecule is O=C(NCC1CNCC1O)c1ccc(CSc2ccccc2)cc1. The van der Waals surface area contributed by atoms with Crippen LogP contribution in [0.5, 0.6) is 0 Å². The molecule has 2 atom stereocenters. The van der Waals surface area contributed by atoms with Crippen molar-refractivity contribution in [3.63, 3.8) is 0 Å². The molecule has 24 heavy (non-hydrogen) atoms. The van der Waals surface area contributed by atoms with Gasteiger partial charge in [0, 0.05) is 41.8 Å². The fourth-order valence-electron chi connectivity index (χ4n) is 2.69. The number of amides is 1. The largest absolute Gasteiger partial charge is 0.391 e. The molecule has 3 N–H and O–H groups in total. The van der Waals surface area contributed by atoms with E-state index in [1.807, 2.05) is 42.5 Å². The number of hydrogen-bond donors (Lipinski definition) is 3. The molecule has 1 aliphatic heterocycles. The number of thioether (sulfide) groups is 1. The molecule has 0 saturated carbocycles. The van der Waals surface area contributed by atoms with Crippen molar-refractivity contribution >= 4 is 17.7 Å². The summed E-state index contributed by atoms with van der Waals surface area (Å²) in [4.78, 5) is 13.4. The number of nitrogens with one attached hydrogen (secondary N) is 2. The van der Waals surface area contributed by atoms with Gasteiger partial charge >= 0.3 is 0 Å². The van der Waals surface area contributed by atoms with Gasteiger partial charge in [0.25, 0.3) is 5.91 Å². The van der Waals surface area contributed by atoms with Crippen molar-refractivity contribution in [2.75, 3.05) is 19.6 Å². The lowest BCUT2D eigenvalue weighted by atomic mass is 10.1. The zero-order valence-corrected chi connectivity index (χ0v) is 14.3. The van der Waals surface area contributed by atoms with E-state index in [4.69, 9.17) is 0 Å². The van der Waals surface area contributed by atoms with E-state index in [2.05, 4.69) is 22.8 Å². The molecule has 4 nitrogen and oxygen atoms in total. The Balaban J connectivity index is 1.49. The molecule has 2 unspecified atom stereocenters. The van der Waals surface area contributed by atoms with Crippen molar-refractivity contribution in [2.24, 2.45) is 5.92 Å². The minimum Gasteiger partial charge on any atom is -0.391 e. The highest BCUT2D eigenvalue weighted by Crippen LogP contribution is 2.22. The van der Waals surface area contributed by atoms with E-state index in [1.54, 1.807) is 11.8 Å². The number of benzene rings is 2. The first kappa shape index (κ1) is 17.0. The average Bonchev–Trinajstić information content (AvgIpc) is 3.04. The summed E-state index contributed by atoms with van der Waals surface area (Å²) in [5.41, 5.74) is 1.85. The molecule has 0 aliphatic carbocycles. The molecule has 0 bridgehead atoms. The van der Waals surface area contributed by atoms with E-state index in [-0.39, 0.29) is 17.9 Å². The Labute approximate surface area is 146 Å². The Morgan fingerprint density at radius 1 is 1.12 bits per heavy atom. The van der Waals surface area contributed by atoms with Crippen LogP contribution in [-0.4, -0.2) is 36.8 Å². The van der Waals surface area contributed by atoms with E-state index >= 15 is 0 Å². The maximum absolute atomic E-state index is 12.2. The molecule has 3 rings (SSSR count). The lowest BCUT2D eigenvalue weighted by Crippen LogP contribution is -2.34. The van der Waals surface area contributed by atoms with Gasteiger partial charge in [-0.3, -0.25) is 4.79 Å². The van der Waals surface area contributed by atoms with Crippen LogP contribution in [0.2, 0.25) is 0 Å². The van der Waals surface area contributed by atoms with Crippen LogP contribution in [0, 0.1) is 5.92 Å². The van der Waals surface area contributed by atoms with Crippen LogP contribution >= 0.6 is 11.8 Å². The molecule has 2 aromatic rings. The third-order valence-corrected chi connectivity index (χ3v) is 5.28. The molecule has 126 valence electrons. The van der Waals surface area contributed by atoms with E-state index in [0.717, 1.165) is 12.3 Å². The smallest absolute Gasteiger partial charge is 0.251 e. The summed E-state index contributed by atoms with van der Waals surface area (Å²) in [7, 11) is 0. The quantitative estimate of drug-likeness (QED) is 0.705. The zero-order valence-electron chi connectivity index (χ0n) is 13.4. The van der Waals surface area contributed by atoms with E-state index in [0.29, 0.717) is 18.7 Å². The second kappa shape index (κ2) is 8.33. The van der Waals surface area contributed by atoms with Crippen LogP contribution in [0.1, 0.15) is 15.9 Å². The molecule has 0 spiro atoms. The Morgan fingerprint density at radius 3 is 2.54 bits per heavy atom. The van der Waals surface area contributed by atoms with Crippen LogP contribution in [0.4, 0.5) is 0 Å². The van der Waals surface area contributed by atoms with Gasteiger partial charge in [0.15, 0.2) is 0 Å². The number of β-amino-alcohol motifs (C(OH)–C–C–N with tert-alkyl or cyclic N) is 1. The minimum absolute atomic E-state index is 0.0867. The van der Waals surface area contributed by atoms with Crippen LogP contribution in [0.15, 0.2) is 59.5 Å². The highest BCUT2D eigenvalue weighted by Gasteiger charge is 2.25. The molecule has 1 fully saturated rings. The number of aliphatic hydroxyl groups excluding tert-OH is 1. The summed E-state index contributed by atoms with van der Waals surface area (Å²) in [6.07, 6.45) is -0.373. The number of rotatable bonds is 6. The lowest BCUT2D eigenvalue weighted by molar-refractivity contribution is 0.0927. The first-order chi connectivity index (χ1) is 11.7. The van der Waals surface area contributed by atoms with Gasteiger partial charge in [0.2, 0.25) is 0 Å². The minimum atomic E-state index is -0.373. The number of carbonyl (C=O) groups excluding carboxylic acids is 1. The van der Waals surface area contributed by atoms with Crippen molar-refractivity contribution < 1.29 is 9.90 Å². The second-order valence-electron chi connectivity index (χ2n) is 5.99. The van der Waals surface area contributed by atoms with E-state index in [9.17, 15) is 9.90 Å². The number of aliphatic hydroxyl groups is 1. The van der Waals surface area contributed by atoms with Crippen LogP contribution in [-0.2, 0) is 5.75 Å². The summed E-state index contributed by atoms with van der Waals surface area (Å²) in [6.45, 7) is 1.85. The van der Waals surface area contributed by atoms with Gasteiger partial charge in [0.05, 0.1) is 6.10 Å². The van der Waals surface area contributed by atoms with Crippen molar-refractivity contribution in [1.29, 1.82) is 0 Å². The highest BCUT2D eigenvalue weighted by molar-refractivity contribution is 7.98. The Kier molecular flexibility index (Phi) is 5.91. The Morgan fingerprint density at radius 2 is 1.88 bits per heavy atom. The second-order valence-corrected chi connectivity index (χ2v) is 7.04. The van der Waals surface area contributed by atoms with Crippen LogP contribution < -0.4 is 10.6 Å². The van der Waals surface area contributed by atoms with Crippen molar-refractivity contribution in [3.8, 4) is 0 Å². The maximum atomic E-state index is 12.2. The predicted octanol–water partition coefficient (Wildman–Crippen LogP) is 2.29. The van der Waals surface area contributed by atoms with E-state index < -0.39 is 0 Å². The maximum Gasteiger partial charge on any atom is 0.251 e. The van der Waals surface area contributed by atoms with Gasteiger partial charge in [-0.2, -0.15) is 0 Å². The Bertz CT molecular complexity index is 661. The van der Waals surface area contributed by atoms with Crippen molar-refractivity contribution in [1.82, 2.24) is 10.6 Å². The molecule has 5 heteroatoms. The fraction of sp³-hybridized carbons (Fsp3) is 0.316. The summed E-state index contributed by atoms with van der Waals surface area (Å²) in [5, 5.41) is 15.8. The van der Waals surface area contributed by atoms with E-state index in [1.165, 1.54) is 10.5 Å². The van der Waals surface area contributed by atoms with Gasteiger partial charge < -0.3 is 15.7 Å². The monoisotopic (exact) mass is 342 g/mol. The van der Waals surface area contributed by atoms with Gasteiger partial charge in [0.1, 0.15) is 0 Å². The average molecular weight is 342 g/mol. The predicted molar refractivity (Wildman–Crippen MR) is 97.1 cm³/mol. The highest BCUT2D eigenvalue weighted by atomic mass is 32.2. The lowest BCUT2D eigenvalue weighted by Gasteiger charge is -2.14. The van der Waals surface area contributed by atoms with Crippen molar-refractivity contribution in [2.45, 2.75) is 16.8 Å². The van der Waals surface area contributed by atoms with Crippen LogP contribution in [0.3, 0.4) is 0 Å². The Hall–Kier alpha value is -1.82. The summed E-state index contributed by atoms with van der Waals surface area (Å²) in [6, 6.07) is 18.0. The molecular formula is C19H22N2O2S. The van der Waals surface area contributed by atoms with Gasteiger partial charge in [-0.25, -0.2) is 0 Å². The molecule has 1 aliphatic rings.